The van der Waals surface area contributed by atoms with E-state index in [1.807, 2.05) is 0 Å². The van der Waals surface area contributed by atoms with Crippen LogP contribution in [0.25, 0.3) is 0 Å². The highest BCUT2D eigenvalue weighted by Crippen LogP contribution is 2.15. The molecule has 1 rings (SSSR count). The van der Waals surface area contributed by atoms with Crippen molar-refractivity contribution in [3.63, 3.8) is 0 Å². The second-order valence-corrected chi connectivity index (χ2v) is 7.53. The van der Waals surface area contributed by atoms with Gasteiger partial charge in [-0.1, -0.05) is 22.9 Å². The fourth-order valence-electron chi connectivity index (χ4n) is 1.52. The van der Waals surface area contributed by atoms with Crippen LogP contribution in [0.1, 0.15) is 19.4 Å². The lowest BCUT2D eigenvalue weighted by Gasteiger charge is -2.14. The van der Waals surface area contributed by atoms with Gasteiger partial charge in [0.2, 0.25) is 0 Å². The molecule has 1 unspecified atom stereocenters. The van der Waals surface area contributed by atoms with Crippen LogP contribution in [0.4, 0.5) is 4.39 Å². The zero-order valence-corrected chi connectivity index (χ0v) is 12.8. The van der Waals surface area contributed by atoms with Crippen molar-refractivity contribution in [2.75, 3.05) is 11.5 Å². The Balaban J connectivity index is 2.57. The van der Waals surface area contributed by atoms with Crippen molar-refractivity contribution in [1.29, 1.82) is 0 Å². The molecule has 0 heterocycles. The topological polar surface area (TPSA) is 46.2 Å². The number of rotatable bonds is 6. The maximum Gasteiger partial charge on any atom is 0.151 e. The van der Waals surface area contributed by atoms with Gasteiger partial charge in [-0.25, -0.2) is 12.8 Å². The lowest BCUT2D eigenvalue weighted by atomic mass is 10.2. The molecule has 0 aromatic heterocycles. The second-order valence-electron chi connectivity index (χ2n) is 4.22. The van der Waals surface area contributed by atoms with Crippen LogP contribution in [0, 0.1) is 5.82 Å². The third-order valence-electron chi connectivity index (χ3n) is 2.59. The lowest BCUT2D eigenvalue weighted by Crippen LogP contribution is -2.33. The van der Waals surface area contributed by atoms with Gasteiger partial charge < -0.3 is 5.32 Å². The molecule has 0 fully saturated rings. The van der Waals surface area contributed by atoms with Crippen molar-refractivity contribution >= 4 is 25.8 Å². The predicted molar refractivity (Wildman–Crippen MR) is 74.7 cm³/mol. The molecular weight excluding hydrogens is 321 g/mol. The molecule has 18 heavy (non-hydrogen) atoms. The average molecular weight is 338 g/mol. The Morgan fingerprint density at radius 2 is 2.11 bits per heavy atom. The largest absolute Gasteiger partial charge is 0.309 e. The molecule has 1 atom stereocenters. The minimum atomic E-state index is -3.01. The molecule has 1 aromatic carbocycles. The Hall–Kier alpha value is -0.460. The van der Waals surface area contributed by atoms with Gasteiger partial charge in [0.05, 0.1) is 5.75 Å². The van der Waals surface area contributed by atoms with E-state index >= 15 is 0 Å². The Bertz CT molecular complexity index is 505. The van der Waals surface area contributed by atoms with Crippen molar-refractivity contribution in [1.82, 2.24) is 5.32 Å². The van der Waals surface area contributed by atoms with Gasteiger partial charge in [-0.05, 0) is 25.1 Å². The summed E-state index contributed by atoms with van der Waals surface area (Å²) in [5, 5.41) is 3.02. The summed E-state index contributed by atoms with van der Waals surface area (Å²) >= 11 is 3.27. The fraction of sp³-hybridized carbons (Fsp3) is 0.500. The van der Waals surface area contributed by atoms with E-state index in [2.05, 4.69) is 21.2 Å². The Morgan fingerprint density at radius 3 is 2.72 bits per heavy atom. The number of halogens is 2. The minimum Gasteiger partial charge on any atom is -0.309 e. The van der Waals surface area contributed by atoms with Gasteiger partial charge in [-0.15, -0.1) is 0 Å². The van der Waals surface area contributed by atoms with Crippen molar-refractivity contribution in [3.05, 3.63) is 34.1 Å². The molecule has 0 radical (unpaired) electrons. The van der Waals surface area contributed by atoms with Gasteiger partial charge in [0.25, 0.3) is 0 Å². The third-order valence-corrected chi connectivity index (χ3v) is 4.97. The number of benzene rings is 1. The molecule has 0 bridgehead atoms. The molecule has 102 valence electrons. The van der Waals surface area contributed by atoms with Gasteiger partial charge in [0.15, 0.2) is 9.84 Å². The standard InChI is InChI=1S/C12H17BrFNO2S/c1-3-18(16,17)8-9(2)15-7-10-6-11(13)4-5-12(10)14/h4-6,9,15H,3,7-8H2,1-2H3. The van der Waals surface area contributed by atoms with Crippen LogP contribution in [0.2, 0.25) is 0 Å². The van der Waals surface area contributed by atoms with Crippen LogP contribution < -0.4 is 5.32 Å². The maximum absolute atomic E-state index is 13.4. The first-order chi connectivity index (χ1) is 8.34. The first kappa shape index (κ1) is 15.6. The highest BCUT2D eigenvalue weighted by atomic mass is 79.9. The van der Waals surface area contributed by atoms with E-state index in [4.69, 9.17) is 0 Å². The van der Waals surface area contributed by atoms with E-state index in [0.717, 1.165) is 4.47 Å². The van der Waals surface area contributed by atoms with E-state index in [1.165, 1.54) is 6.07 Å². The van der Waals surface area contributed by atoms with E-state index < -0.39 is 9.84 Å². The summed E-state index contributed by atoms with van der Waals surface area (Å²) < 4.78 is 37.1. The van der Waals surface area contributed by atoms with Gasteiger partial charge in [0, 0.05) is 28.4 Å². The summed E-state index contributed by atoms with van der Waals surface area (Å²) in [5.41, 5.74) is 0.519. The summed E-state index contributed by atoms with van der Waals surface area (Å²) in [5.74, 6) is -0.0973. The molecule has 0 aliphatic rings. The summed E-state index contributed by atoms with van der Waals surface area (Å²) in [7, 11) is -3.01. The zero-order valence-electron chi connectivity index (χ0n) is 10.4. The van der Waals surface area contributed by atoms with Gasteiger partial charge in [-0.2, -0.15) is 0 Å². The molecular formula is C12H17BrFNO2S. The van der Waals surface area contributed by atoms with Crippen LogP contribution in [0.5, 0.6) is 0 Å². The predicted octanol–water partition coefficient (Wildman–Crippen LogP) is 2.50. The van der Waals surface area contributed by atoms with Crippen molar-refractivity contribution in [2.24, 2.45) is 0 Å². The molecule has 0 aliphatic carbocycles. The molecule has 0 saturated carbocycles. The van der Waals surface area contributed by atoms with Gasteiger partial charge in [0.1, 0.15) is 5.82 Å². The normalized spacial score (nSPS) is 13.6. The Labute approximate surface area is 116 Å². The first-order valence-corrected chi connectivity index (χ1v) is 8.33. The number of nitrogens with one attached hydrogen (secondary N) is 1. The first-order valence-electron chi connectivity index (χ1n) is 5.72. The van der Waals surface area contributed by atoms with Crippen molar-refractivity contribution in [2.45, 2.75) is 26.4 Å². The lowest BCUT2D eigenvalue weighted by molar-refractivity contribution is 0.540. The highest BCUT2D eigenvalue weighted by Gasteiger charge is 2.13. The summed E-state index contributed by atoms with van der Waals surface area (Å²) in [6.07, 6.45) is 0. The average Bonchev–Trinajstić information content (AvgIpc) is 2.30. The van der Waals surface area contributed by atoms with Crippen LogP contribution in [-0.4, -0.2) is 26.0 Å². The second kappa shape index (κ2) is 6.63. The highest BCUT2D eigenvalue weighted by molar-refractivity contribution is 9.10. The third kappa shape index (κ3) is 5.04. The van der Waals surface area contributed by atoms with Crippen molar-refractivity contribution < 1.29 is 12.8 Å². The minimum absolute atomic E-state index is 0.0686. The van der Waals surface area contributed by atoms with Crippen LogP contribution in [0.3, 0.4) is 0 Å². The number of hydrogen-bond donors (Lipinski definition) is 1. The summed E-state index contributed by atoms with van der Waals surface area (Å²) in [4.78, 5) is 0. The van der Waals surface area contributed by atoms with Crippen LogP contribution in [-0.2, 0) is 16.4 Å². The smallest absolute Gasteiger partial charge is 0.151 e. The van der Waals surface area contributed by atoms with Gasteiger partial charge in [-0.3, -0.25) is 0 Å². The van der Waals surface area contributed by atoms with E-state index in [1.54, 1.807) is 26.0 Å². The SMILES string of the molecule is CCS(=O)(=O)CC(C)NCc1cc(Br)ccc1F. The van der Waals surface area contributed by atoms with E-state index in [9.17, 15) is 12.8 Å². The van der Waals surface area contributed by atoms with Gasteiger partial charge >= 0.3 is 0 Å². The molecule has 3 nitrogen and oxygen atoms in total. The fourth-order valence-corrected chi connectivity index (χ4v) is 3.04. The molecule has 0 spiro atoms. The van der Waals surface area contributed by atoms with Crippen LogP contribution >= 0.6 is 15.9 Å². The quantitative estimate of drug-likeness (QED) is 0.867. The number of sulfone groups is 1. The monoisotopic (exact) mass is 337 g/mol. The summed E-state index contributed by atoms with van der Waals surface area (Å²) in [6, 6.07) is 4.50. The van der Waals surface area contributed by atoms with E-state index in [0.29, 0.717) is 12.1 Å². The van der Waals surface area contributed by atoms with Crippen LogP contribution in [0.15, 0.2) is 22.7 Å². The number of hydrogen-bond acceptors (Lipinski definition) is 3. The molecule has 1 aromatic rings. The molecule has 0 saturated heterocycles. The molecule has 0 aliphatic heterocycles. The molecule has 6 heteroatoms. The zero-order chi connectivity index (χ0) is 13.8. The molecule has 1 N–H and O–H groups in total. The van der Waals surface area contributed by atoms with E-state index in [-0.39, 0.29) is 23.4 Å². The Kier molecular flexibility index (Phi) is 5.75. The summed E-state index contributed by atoms with van der Waals surface area (Å²) in [6.45, 7) is 3.71. The van der Waals surface area contributed by atoms with Crippen molar-refractivity contribution in [3.8, 4) is 0 Å². The Morgan fingerprint density at radius 1 is 1.44 bits per heavy atom. The molecule has 0 amide bonds. The maximum atomic E-state index is 13.4.